The summed E-state index contributed by atoms with van der Waals surface area (Å²) in [5.74, 6) is -2.33. The number of phenolic OH excluding ortho intramolecular Hbond substituents is 2. The molecule has 0 saturated carbocycles. The number of benzene rings is 1. The molecule has 0 spiro atoms. The smallest absolute Gasteiger partial charge is 0.310 e. The molecule has 5 heteroatoms. The molecule has 14 heavy (non-hydrogen) atoms. The third-order valence-corrected chi connectivity index (χ3v) is 2.62. The molecule has 3 N–H and O–H groups in total. The molecule has 1 rings (SSSR count). The molecule has 1 unspecified atom stereocenters. The maximum atomic E-state index is 10.7. The van der Waals surface area contributed by atoms with Crippen molar-refractivity contribution in [1.29, 1.82) is 0 Å². The number of halogens is 1. The molecule has 0 amide bonds. The molecule has 0 bridgehead atoms. The number of carboxylic acids is 1. The number of aromatic hydroxyl groups is 2. The quantitative estimate of drug-likeness (QED) is 0.712. The number of carbonyl (C=O) groups is 1. The Morgan fingerprint density at radius 1 is 1.36 bits per heavy atom. The van der Waals surface area contributed by atoms with Crippen molar-refractivity contribution >= 4 is 21.9 Å². The van der Waals surface area contributed by atoms with Gasteiger partial charge in [0.25, 0.3) is 0 Å². The van der Waals surface area contributed by atoms with Crippen molar-refractivity contribution in [3.8, 4) is 11.5 Å². The largest absolute Gasteiger partial charge is 0.504 e. The van der Waals surface area contributed by atoms with E-state index in [1.807, 2.05) is 0 Å². The lowest BCUT2D eigenvalue weighted by Gasteiger charge is -2.10. The van der Waals surface area contributed by atoms with Crippen molar-refractivity contribution in [2.75, 3.05) is 0 Å². The van der Waals surface area contributed by atoms with Gasteiger partial charge in [-0.3, -0.25) is 4.79 Å². The Morgan fingerprint density at radius 3 is 2.36 bits per heavy atom. The van der Waals surface area contributed by atoms with Crippen LogP contribution in [0.5, 0.6) is 11.5 Å². The van der Waals surface area contributed by atoms with Gasteiger partial charge in [-0.2, -0.15) is 0 Å². The minimum atomic E-state index is -0.990. The van der Waals surface area contributed by atoms with Gasteiger partial charge in [0, 0.05) is 4.47 Å². The van der Waals surface area contributed by atoms with Gasteiger partial charge in [0.05, 0.1) is 5.92 Å². The molecular weight excluding hydrogens is 252 g/mol. The summed E-state index contributed by atoms with van der Waals surface area (Å²) < 4.78 is 0.461. The molecule has 1 aromatic rings. The van der Waals surface area contributed by atoms with E-state index < -0.39 is 11.9 Å². The monoisotopic (exact) mass is 260 g/mol. The third kappa shape index (κ3) is 1.98. The highest BCUT2D eigenvalue weighted by molar-refractivity contribution is 9.10. The predicted octanol–water partition coefficient (Wildman–Crippen LogP) is 2.05. The predicted molar refractivity (Wildman–Crippen MR) is 53.5 cm³/mol. The Balaban J connectivity index is 3.22. The van der Waals surface area contributed by atoms with Crippen LogP contribution in [0.2, 0.25) is 0 Å². The van der Waals surface area contributed by atoms with Crippen LogP contribution in [0.3, 0.4) is 0 Å². The first-order valence-corrected chi connectivity index (χ1v) is 4.67. The summed E-state index contributed by atoms with van der Waals surface area (Å²) in [5, 5.41) is 27.1. The first-order chi connectivity index (χ1) is 6.43. The molecule has 0 fully saturated rings. The average molecular weight is 261 g/mol. The van der Waals surface area contributed by atoms with Crippen LogP contribution in [-0.2, 0) is 4.79 Å². The van der Waals surface area contributed by atoms with Crippen molar-refractivity contribution < 1.29 is 20.1 Å². The van der Waals surface area contributed by atoms with Crippen molar-refractivity contribution in [3.63, 3.8) is 0 Å². The van der Waals surface area contributed by atoms with Gasteiger partial charge in [-0.25, -0.2) is 0 Å². The van der Waals surface area contributed by atoms with E-state index >= 15 is 0 Å². The fraction of sp³-hybridized carbons (Fsp3) is 0.222. The first kappa shape index (κ1) is 10.8. The van der Waals surface area contributed by atoms with Gasteiger partial charge in [-0.1, -0.05) is 15.9 Å². The van der Waals surface area contributed by atoms with Gasteiger partial charge in [0.1, 0.15) is 0 Å². The molecule has 0 aliphatic heterocycles. The summed E-state index contributed by atoms with van der Waals surface area (Å²) in [5.41, 5.74) is 0.424. The number of hydrogen-bond acceptors (Lipinski definition) is 3. The van der Waals surface area contributed by atoms with Crippen LogP contribution < -0.4 is 0 Å². The van der Waals surface area contributed by atoms with Crippen LogP contribution in [0, 0.1) is 0 Å². The highest BCUT2D eigenvalue weighted by Crippen LogP contribution is 2.35. The second-order valence-electron chi connectivity index (χ2n) is 2.92. The van der Waals surface area contributed by atoms with Crippen LogP contribution >= 0.6 is 15.9 Å². The van der Waals surface area contributed by atoms with Crippen LogP contribution in [0.1, 0.15) is 18.4 Å². The van der Waals surface area contributed by atoms with E-state index in [-0.39, 0.29) is 11.5 Å². The van der Waals surface area contributed by atoms with Crippen molar-refractivity contribution in [2.24, 2.45) is 0 Å². The first-order valence-electron chi connectivity index (χ1n) is 3.87. The standard InChI is InChI=1S/C9H9BrO4/c1-4(9(13)14)5-2-7(11)8(12)3-6(5)10/h2-4,11-12H,1H3,(H,13,14). The Bertz CT molecular complexity index is 375. The van der Waals surface area contributed by atoms with E-state index in [1.54, 1.807) is 0 Å². The number of hydrogen-bond donors (Lipinski definition) is 3. The summed E-state index contributed by atoms with van der Waals surface area (Å²) >= 11 is 3.12. The second-order valence-corrected chi connectivity index (χ2v) is 3.78. The molecule has 0 aliphatic carbocycles. The van der Waals surface area contributed by atoms with Crippen LogP contribution in [-0.4, -0.2) is 21.3 Å². The summed E-state index contributed by atoms with van der Waals surface area (Å²) in [6, 6.07) is 2.50. The molecule has 0 saturated heterocycles. The summed E-state index contributed by atoms with van der Waals surface area (Å²) in [7, 11) is 0. The highest BCUT2D eigenvalue weighted by atomic mass is 79.9. The Labute approximate surface area is 88.9 Å². The molecule has 0 aliphatic rings. The maximum absolute atomic E-state index is 10.7. The number of rotatable bonds is 2. The molecular formula is C9H9BrO4. The summed E-state index contributed by atoms with van der Waals surface area (Å²) in [6.07, 6.45) is 0. The van der Waals surface area contributed by atoms with E-state index in [0.29, 0.717) is 10.0 Å². The van der Waals surface area contributed by atoms with E-state index in [9.17, 15) is 9.90 Å². The van der Waals surface area contributed by atoms with Gasteiger partial charge in [-0.05, 0) is 24.6 Å². The Kier molecular flexibility index (Phi) is 3.00. The molecule has 1 aromatic carbocycles. The molecule has 0 radical (unpaired) electrons. The lowest BCUT2D eigenvalue weighted by atomic mass is 10.0. The van der Waals surface area contributed by atoms with Crippen molar-refractivity contribution in [1.82, 2.24) is 0 Å². The van der Waals surface area contributed by atoms with Crippen LogP contribution in [0.4, 0.5) is 0 Å². The minimum absolute atomic E-state index is 0.279. The van der Waals surface area contributed by atoms with Crippen LogP contribution in [0.25, 0.3) is 0 Å². The summed E-state index contributed by atoms with van der Waals surface area (Å²) in [4.78, 5) is 10.7. The molecule has 0 aromatic heterocycles. The van der Waals surface area contributed by atoms with Gasteiger partial charge in [0.2, 0.25) is 0 Å². The van der Waals surface area contributed by atoms with Crippen molar-refractivity contribution in [3.05, 3.63) is 22.2 Å². The Morgan fingerprint density at radius 2 is 1.86 bits per heavy atom. The maximum Gasteiger partial charge on any atom is 0.310 e. The van der Waals surface area contributed by atoms with Crippen LogP contribution in [0.15, 0.2) is 16.6 Å². The fourth-order valence-corrected chi connectivity index (χ4v) is 1.71. The van der Waals surface area contributed by atoms with Gasteiger partial charge >= 0.3 is 5.97 Å². The molecule has 1 atom stereocenters. The van der Waals surface area contributed by atoms with E-state index in [1.165, 1.54) is 19.1 Å². The van der Waals surface area contributed by atoms with Gasteiger partial charge in [0.15, 0.2) is 11.5 Å². The zero-order valence-electron chi connectivity index (χ0n) is 7.36. The van der Waals surface area contributed by atoms with Crippen molar-refractivity contribution in [2.45, 2.75) is 12.8 Å². The molecule has 76 valence electrons. The van der Waals surface area contributed by atoms with E-state index in [2.05, 4.69) is 15.9 Å². The minimum Gasteiger partial charge on any atom is -0.504 e. The average Bonchev–Trinajstić information content (AvgIpc) is 2.10. The normalized spacial score (nSPS) is 12.4. The molecule has 0 heterocycles. The van der Waals surface area contributed by atoms with E-state index in [0.717, 1.165) is 0 Å². The Hall–Kier alpha value is -1.23. The summed E-state index contributed by atoms with van der Waals surface area (Å²) in [6.45, 7) is 1.50. The van der Waals surface area contributed by atoms with Gasteiger partial charge < -0.3 is 15.3 Å². The van der Waals surface area contributed by atoms with E-state index in [4.69, 9.17) is 10.2 Å². The highest BCUT2D eigenvalue weighted by Gasteiger charge is 2.18. The second kappa shape index (κ2) is 3.88. The zero-order chi connectivity index (χ0) is 10.9. The molecule has 4 nitrogen and oxygen atoms in total. The number of aliphatic carboxylic acids is 1. The lowest BCUT2D eigenvalue weighted by molar-refractivity contribution is -0.138. The lowest BCUT2D eigenvalue weighted by Crippen LogP contribution is -2.07. The number of phenols is 2. The van der Waals surface area contributed by atoms with Gasteiger partial charge in [-0.15, -0.1) is 0 Å². The zero-order valence-corrected chi connectivity index (χ0v) is 8.95. The topological polar surface area (TPSA) is 77.8 Å². The SMILES string of the molecule is CC(C(=O)O)c1cc(O)c(O)cc1Br. The third-order valence-electron chi connectivity index (χ3n) is 1.93. The number of carboxylic acid groups (broad SMARTS) is 1. The fourth-order valence-electron chi connectivity index (χ4n) is 1.03.